The van der Waals surface area contributed by atoms with E-state index < -0.39 is 5.97 Å². The first-order valence-corrected chi connectivity index (χ1v) is 6.87. The Morgan fingerprint density at radius 3 is 2.53 bits per heavy atom. The summed E-state index contributed by atoms with van der Waals surface area (Å²) < 4.78 is 0. The van der Waals surface area contributed by atoms with Crippen LogP contribution in [-0.2, 0) is 4.79 Å². The fourth-order valence-electron chi connectivity index (χ4n) is 3.53. The lowest BCUT2D eigenvalue weighted by Crippen LogP contribution is -2.37. The lowest BCUT2D eigenvalue weighted by atomic mass is 10.1. The van der Waals surface area contributed by atoms with E-state index in [1.807, 2.05) is 0 Å². The molecule has 4 nitrogen and oxygen atoms in total. The van der Waals surface area contributed by atoms with Gasteiger partial charge in [0.1, 0.15) is 0 Å². The third-order valence-electron chi connectivity index (χ3n) is 4.70. The molecule has 3 unspecified atom stereocenters. The van der Waals surface area contributed by atoms with E-state index in [0.717, 1.165) is 32.1 Å². The second-order valence-electron chi connectivity index (χ2n) is 5.99. The van der Waals surface area contributed by atoms with Crippen LogP contribution in [0.3, 0.4) is 0 Å². The van der Waals surface area contributed by atoms with Crippen molar-refractivity contribution in [3.8, 4) is 0 Å². The summed E-state index contributed by atoms with van der Waals surface area (Å²) >= 11 is 0. The summed E-state index contributed by atoms with van der Waals surface area (Å²) in [5, 5.41) is 9.04. The minimum Gasteiger partial charge on any atom is -0.481 e. The van der Waals surface area contributed by atoms with Crippen LogP contribution >= 0.6 is 0 Å². The molecular formula is C13H22N2O2. The zero-order valence-corrected chi connectivity index (χ0v) is 10.5. The van der Waals surface area contributed by atoms with Gasteiger partial charge in [-0.1, -0.05) is 0 Å². The van der Waals surface area contributed by atoms with Gasteiger partial charge in [-0.05, 0) is 39.2 Å². The number of aliphatic carboxylic acids is 1. The zero-order chi connectivity index (χ0) is 12.0. The van der Waals surface area contributed by atoms with Crippen molar-refractivity contribution in [2.45, 2.75) is 50.7 Å². The molecule has 1 N–H and O–H groups in total. The highest BCUT2D eigenvalue weighted by Crippen LogP contribution is 2.35. The second-order valence-corrected chi connectivity index (χ2v) is 5.99. The van der Waals surface area contributed by atoms with Gasteiger partial charge in [0.2, 0.25) is 0 Å². The molecule has 0 amide bonds. The van der Waals surface area contributed by atoms with Crippen LogP contribution in [-0.4, -0.2) is 58.6 Å². The fourth-order valence-corrected chi connectivity index (χ4v) is 3.53. The number of likely N-dealkylation sites (tertiary alicyclic amines) is 2. The summed E-state index contributed by atoms with van der Waals surface area (Å²) in [4.78, 5) is 16.0. The number of carboxylic acids is 1. The minimum atomic E-state index is -0.613. The van der Waals surface area contributed by atoms with Crippen molar-refractivity contribution >= 4 is 5.97 Å². The first kappa shape index (κ1) is 11.5. The molecule has 3 fully saturated rings. The molecule has 2 aliphatic heterocycles. The molecule has 0 bridgehead atoms. The van der Waals surface area contributed by atoms with Crippen molar-refractivity contribution in [1.29, 1.82) is 0 Å². The SMILES string of the molecule is CC1CC(N2CCC(C(=O)O)C2)CN1C1CC1. The third-order valence-corrected chi connectivity index (χ3v) is 4.70. The van der Waals surface area contributed by atoms with E-state index >= 15 is 0 Å². The monoisotopic (exact) mass is 238 g/mol. The molecule has 2 saturated heterocycles. The normalized spacial score (nSPS) is 39.9. The van der Waals surface area contributed by atoms with Crippen LogP contribution in [0.4, 0.5) is 0 Å². The topological polar surface area (TPSA) is 43.8 Å². The first-order valence-electron chi connectivity index (χ1n) is 6.87. The molecule has 0 aromatic rings. The van der Waals surface area contributed by atoms with Crippen molar-refractivity contribution in [2.75, 3.05) is 19.6 Å². The van der Waals surface area contributed by atoms with E-state index in [1.54, 1.807) is 0 Å². The Morgan fingerprint density at radius 2 is 1.94 bits per heavy atom. The molecule has 0 spiro atoms. The Morgan fingerprint density at radius 1 is 1.18 bits per heavy atom. The van der Waals surface area contributed by atoms with E-state index in [2.05, 4.69) is 16.7 Å². The van der Waals surface area contributed by atoms with Gasteiger partial charge < -0.3 is 5.11 Å². The highest BCUT2D eigenvalue weighted by molar-refractivity contribution is 5.70. The van der Waals surface area contributed by atoms with Gasteiger partial charge in [0.05, 0.1) is 5.92 Å². The molecule has 3 aliphatic rings. The van der Waals surface area contributed by atoms with Gasteiger partial charge in [-0.3, -0.25) is 14.6 Å². The van der Waals surface area contributed by atoms with Crippen molar-refractivity contribution in [3.63, 3.8) is 0 Å². The van der Waals surface area contributed by atoms with Crippen molar-refractivity contribution in [1.82, 2.24) is 9.80 Å². The van der Waals surface area contributed by atoms with Gasteiger partial charge in [-0.15, -0.1) is 0 Å². The Bertz CT molecular complexity index is 317. The lowest BCUT2D eigenvalue weighted by molar-refractivity contribution is -0.141. The van der Waals surface area contributed by atoms with Crippen LogP contribution in [0.1, 0.15) is 32.6 Å². The predicted octanol–water partition coefficient (Wildman–Crippen LogP) is 1.02. The first-order chi connectivity index (χ1) is 8.15. The average molecular weight is 238 g/mol. The maximum absolute atomic E-state index is 11.0. The molecule has 0 aromatic carbocycles. The van der Waals surface area contributed by atoms with Crippen LogP contribution < -0.4 is 0 Å². The molecular weight excluding hydrogens is 216 g/mol. The molecule has 1 saturated carbocycles. The molecule has 3 atom stereocenters. The number of nitrogens with zero attached hydrogens (tertiary/aromatic N) is 2. The fraction of sp³-hybridized carbons (Fsp3) is 0.923. The maximum atomic E-state index is 11.0. The van der Waals surface area contributed by atoms with Gasteiger partial charge in [-0.2, -0.15) is 0 Å². The number of hydrogen-bond donors (Lipinski definition) is 1. The van der Waals surface area contributed by atoms with Crippen LogP contribution in [0.15, 0.2) is 0 Å². The van der Waals surface area contributed by atoms with E-state index in [4.69, 9.17) is 5.11 Å². The average Bonchev–Trinajstić information content (AvgIpc) is 2.87. The van der Waals surface area contributed by atoms with E-state index in [-0.39, 0.29) is 5.92 Å². The summed E-state index contributed by atoms with van der Waals surface area (Å²) in [5.41, 5.74) is 0. The predicted molar refractivity (Wildman–Crippen MR) is 64.9 cm³/mol. The molecule has 0 aromatic heterocycles. The van der Waals surface area contributed by atoms with Crippen molar-refractivity contribution < 1.29 is 9.90 Å². The van der Waals surface area contributed by atoms with Crippen LogP contribution in [0.2, 0.25) is 0 Å². The Kier molecular flexibility index (Phi) is 2.87. The molecule has 1 aliphatic carbocycles. The molecule has 0 radical (unpaired) electrons. The quantitative estimate of drug-likeness (QED) is 0.797. The second kappa shape index (κ2) is 4.25. The summed E-state index contributed by atoms with van der Waals surface area (Å²) in [6.45, 7) is 5.24. The molecule has 4 heteroatoms. The summed E-state index contributed by atoms with van der Waals surface area (Å²) in [6, 6.07) is 2.14. The van der Waals surface area contributed by atoms with Gasteiger partial charge in [0, 0.05) is 31.2 Å². The lowest BCUT2D eigenvalue weighted by Gasteiger charge is -2.24. The summed E-state index contributed by atoms with van der Waals surface area (Å²) in [6.07, 6.45) is 4.80. The third kappa shape index (κ3) is 2.20. The minimum absolute atomic E-state index is 0.125. The van der Waals surface area contributed by atoms with Gasteiger partial charge in [0.15, 0.2) is 0 Å². The molecule has 3 rings (SSSR count). The number of hydrogen-bond acceptors (Lipinski definition) is 3. The molecule has 2 heterocycles. The number of carbonyl (C=O) groups is 1. The highest BCUT2D eigenvalue weighted by atomic mass is 16.4. The number of rotatable bonds is 3. The van der Waals surface area contributed by atoms with Crippen LogP contribution in [0.5, 0.6) is 0 Å². The van der Waals surface area contributed by atoms with E-state index in [1.165, 1.54) is 19.3 Å². The number of carboxylic acid groups (broad SMARTS) is 1. The van der Waals surface area contributed by atoms with E-state index in [0.29, 0.717) is 12.1 Å². The Balaban J connectivity index is 1.57. The molecule has 96 valence electrons. The summed E-state index contributed by atoms with van der Waals surface area (Å²) in [5.74, 6) is -0.738. The maximum Gasteiger partial charge on any atom is 0.307 e. The van der Waals surface area contributed by atoms with E-state index in [9.17, 15) is 4.79 Å². The van der Waals surface area contributed by atoms with Crippen molar-refractivity contribution in [2.24, 2.45) is 5.92 Å². The highest BCUT2D eigenvalue weighted by Gasteiger charge is 2.42. The Labute approximate surface area is 103 Å². The van der Waals surface area contributed by atoms with Crippen molar-refractivity contribution in [3.05, 3.63) is 0 Å². The van der Waals surface area contributed by atoms with Gasteiger partial charge in [-0.25, -0.2) is 0 Å². The molecule has 17 heavy (non-hydrogen) atoms. The standard InChI is InChI=1S/C13H22N2O2/c1-9-6-12(8-15(9)11-2-3-11)14-5-4-10(7-14)13(16)17/h9-12H,2-8H2,1H3,(H,16,17). The van der Waals surface area contributed by atoms with Gasteiger partial charge >= 0.3 is 5.97 Å². The Hall–Kier alpha value is -0.610. The van der Waals surface area contributed by atoms with Crippen LogP contribution in [0, 0.1) is 5.92 Å². The smallest absolute Gasteiger partial charge is 0.307 e. The van der Waals surface area contributed by atoms with Crippen LogP contribution in [0.25, 0.3) is 0 Å². The largest absolute Gasteiger partial charge is 0.481 e. The van der Waals surface area contributed by atoms with Gasteiger partial charge in [0.25, 0.3) is 0 Å². The zero-order valence-electron chi connectivity index (χ0n) is 10.5. The summed E-state index contributed by atoms with van der Waals surface area (Å²) in [7, 11) is 0.